The zero-order valence-electron chi connectivity index (χ0n) is 17.1. The normalized spacial score (nSPS) is 13.6. The van der Waals surface area contributed by atoms with E-state index < -0.39 is 0 Å². The minimum absolute atomic E-state index is 0.154. The van der Waals surface area contributed by atoms with E-state index in [-0.39, 0.29) is 5.91 Å². The van der Waals surface area contributed by atoms with Gasteiger partial charge in [-0.3, -0.25) is 4.79 Å². The van der Waals surface area contributed by atoms with E-state index in [4.69, 9.17) is 0 Å². The van der Waals surface area contributed by atoms with Crippen LogP contribution in [0.25, 0.3) is 5.65 Å². The Morgan fingerprint density at radius 2 is 1.87 bits per heavy atom. The molecule has 1 N–H and O–H groups in total. The number of aromatic nitrogens is 3. The van der Waals surface area contributed by atoms with Gasteiger partial charge in [0.15, 0.2) is 0 Å². The van der Waals surface area contributed by atoms with Crippen molar-refractivity contribution >= 4 is 34.8 Å². The zero-order valence-corrected chi connectivity index (χ0v) is 17.9. The lowest BCUT2D eigenvalue weighted by atomic mass is 10.2. The predicted octanol–water partition coefficient (Wildman–Crippen LogP) is 4.87. The highest BCUT2D eigenvalue weighted by Crippen LogP contribution is 2.24. The smallest absolute Gasteiger partial charge is 0.256 e. The van der Waals surface area contributed by atoms with Crippen LogP contribution in [0.2, 0.25) is 0 Å². The van der Waals surface area contributed by atoms with Gasteiger partial charge in [0, 0.05) is 41.7 Å². The second kappa shape index (κ2) is 8.81. The fourth-order valence-corrected chi connectivity index (χ4v) is 4.51. The summed E-state index contributed by atoms with van der Waals surface area (Å²) < 4.78 is 2.02. The van der Waals surface area contributed by atoms with Crippen molar-refractivity contribution in [3.63, 3.8) is 0 Å². The summed E-state index contributed by atoms with van der Waals surface area (Å²) in [5, 5.41) is 2.88. The van der Waals surface area contributed by atoms with Crippen LogP contribution >= 0.6 is 11.8 Å². The second-order valence-corrected chi connectivity index (χ2v) is 8.61. The lowest BCUT2D eigenvalue weighted by Crippen LogP contribution is -2.18. The van der Waals surface area contributed by atoms with Crippen LogP contribution in [0, 0.1) is 0 Å². The van der Waals surface area contributed by atoms with Gasteiger partial charge in [0.2, 0.25) is 0 Å². The average Bonchev–Trinajstić information content (AvgIpc) is 3.48. The summed E-state index contributed by atoms with van der Waals surface area (Å²) in [7, 11) is 0. The van der Waals surface area contributed by atoms with Crippen LogP contribution in [0.5, 0.6) is 0 Å². The summed E-state index contributed by atoms with van der Waals surface area (Å²) >= 11 is 1.70. The molecule has 31 heavy (non-hydrogen) atoms. The van der Waals surface area contributed by atoms with Crippen LogP contribution < -0.4 is 10.2 Å². The molecule has 1 aromatic carbocycles. The lowest BCUT2D eigenvalue weighted by molar-refractivity contribution is 0.102. The number of anilines is 2. The third-order valence-electron chi connectivity index (χ3n) is 5.38. The predicted molar refractivity (Wildman–Crippen MR) is 125 cm³/mol. The third kappa shape index (κ3) is 4.56. The Morgan fingerprint density at radius 1 is 1.03 bits per heavy atom. The molecule has 1 saturated heterocycles. The quantitative estimate of drug-likeness (QED) is 0.443. The molecule has 156 valence electrons. The Labute approximate surface area is 185 Å². The van der Waals surface area contributed by atoms with Crippen molar-refractivity contribution < 1.29 is 4.79 Å². The van der Waals surface area contributed by atoms with E-state index in [0.717, 1.165) is 40.8 Å². The van der Waals surface area contributed by atoms with Gasteiger partial charge in [0.05, 0.1) is 17.6 Å². The summed E-state index contributed by atoms with van der Waals surface area (Å²) in [4.78, 5) is 25.0. The van der Waals surface area contributed by atoms with Gasteiger partial charge in [-0.25, -0.2) is 9.97 Å². The van der Waals surface area contributed by atoms with E-state index in [1.54, 1.807) is 11.8 Å². The zero-order chi connectivity index (χ0) is 21.0. The topological polar surface area (TPSA) is 62.5 Å². The number of nitrogens with one attached hydrogen (secondary N) is 1. The Hall–Kier alpha value is -3.32. The van der Waals surface area contributed by atoms with Gasteiger partial charge in [0.25, 0.3) is 5.91 Å². The number of amides is 1. The van der Waals surface area contributed by atoms with Gasteiger partial charge in [-0.15, -0.1) is 11.8 Å². The van der Waals surface area contributed by atoms with Crippen LogP contribution in [0.15, 0.2) is 78.1 Å². The molecule has 5 rings (SSSR count). The molecule has 3 aromatic heterocycles. The number of hydrogen-bond acceptors (Lipinski definition) is 5. The van der Waals surface area contributed by atoms with Crippen LogP contribution in [0.3, 0.4) is 0 Å². The second-order valence-electron chi connectivity index (χ2n) is 7.56. The highest BCUT2D eigenvalue weighted by molar-refractivity contribution is 7.98. The molecular weight excluding hydrogens is 406 g/mol. The first-order valence-electron chi connectivity index (χ1n) is 10.4. The summed E-state index contributed by atoms with van der Waals surface area (Å²) in [6.45, 7) is 2.16. The maximum absolute atomic E-state index is 12.6. The minimum Gasteiger partial charge on any atom is -0.370 e. The number of hydrogen-bond donors (Lipinski definition) is 1. The van der Waals surface area contributed by atoms with Crippen molar-refractivity contribution in [3.8, 4) is 0 Å². The number of benzene rings is 1. The van der Waals surface area contributed by atoms with Gasteiger partial charge in [-0.2, -0.15) is 0 Å². The van der Waals surface area contributed by atoms with E-state index >= 15 is 0 Å². The SMILES string of the molecule is O=C(Nc1ccc(N2CCCC2)cn1)c1ccc(SCc2cn3ccccc3n2)cc1. The van der Waals surface area contributed by atoms with E-state index in [1.165, 1.54) is 12.8 Å². The molecule has 4 aromatic rings. The van der Waals surface area contributed by atoms with Gasteiger partial charge >= 0.3 is 0 Å². The molecule has 7 heteroatoms. The molecule has 0 spiro atoms. The molecule has 1 fully saturated rings. The van der Waals surface area contributed by atoms with Crippen molar-refractivity contribution in [3.05, 3.63) is 84.4 Å². The van der Waals surface area contributed by atoms with Crippen LogP contribution in [-0.2, 0) is 5.75 Å². The fraction of sp³-hybridized carbons (Fsp3) is 0.208. The molecule has 0 bridgehead atoms. The Morgan fingerprint density at radius 3 is 2.61 bits per heavy atom. The molecule has 0 saturated carbocycles. The van der Waals surface area contributed by atoms with Crippen LogP contribution in [-0.4, -0.2) is 33.4 Å². The molecule has 6 nitrogen and oxygen atoms in total. The van der Waals surface area contributed by atoms with Gasteiger partial charge < -0.3 is 14.6 Å². The molecule has 1 amide bonds. The Balaban J connectivity index is 1.17. The first-order chi connectivity index (χ1) is 15.2. The Bertz CT molecular complexity index is 1150. The number of thioether (sulfide) groups is 1. The molecule has 4 heterocycles. The van der Waals surface area contributed by atoms with Crippen LogP contribution in [0.1, 0.15) is 28.9 Å². The van der Waals surface area contributed by atoms with Crippen molar-refractivity contribution in [1.29, 1.82) is 0 Å². The first kappa shape index (κ1) is 19.6. The fourth-order valence-electron chi connectivity index (χ4n) is 3.73. The molecule has 0 unspecified atom stereocenters. The number of nitrogens with zero attached hydrogens (tertiary/aromatic N) is 4. The Kier molecular flexibility index (Phi) is 5.58. The molecule has 0 aliphatic carbocycles. The average molecular weight is 430 g/mol. The lowest BCUT2D eigenvalue weighted by Gasteiger charge is -2.17. The summed E-state index contributed by atoms with van der Waals surface area (Å²) in [6.07, 6.45) is 8.34. The first-order valence-corrected chi connectivity index (χ1v) is 11.4. The van der Waals surface area contributed by atoms with Crippen molar-refractivity contribution in [1.82, 2.24) is 14.4 Å². The standard InChI is InChI=1S/C24H23N5OS/c30-24(27-22-11-8-20(15-25-22)28-12-3-4-13-28)18-6-9-21(10-7-18)31-17-19-16-29-14-2-1-5-23(29)26-19/h1-2,5-11,14-16H,3-4,12-13,17H2,(H,25,27,30). The number of rotatable bonds is 6. The largest absolute Gasteiger partial charge is 0.370 e. The highest BCUT2D eigenvalue weighted by Gasteiger charge is 2.13. The highest BCUT2D eigenvalue weighted by atomic mass is 32.2. The van der Waals surface area contributed by atoms with Gasteiger partial charge in [0.1, 0.15) is 11.5 Å². The van der Waals surface area contributed by atoms with E-state index in [2.05, 4.69) is 20.2 Å². The van der Waals surface area contributed by atoms with E-state index in [9.17, 15) is 4.79 Å². The minimum atomic E-state index is -0.154. The van der Waals surface area contributed by atoms with Crippen LogP contribution in [0.4, 0.5) is 11.5 Å². The van der Waals surface area contributed by atoms with Crippen molar-refractivity contribution in [2.24, 2.45) is 0 Å². The third-order valence-corrected chi connectivity index (χ3v) is 6.42. The maximum Gasteiger partial charge on any atom is 0.256 e. The maximum atomic E-state index is 12.6. The molecule has 1 aliphatic heterocycles. The number of pyridine rings is 2. The van der Waals surface area contributed by atoms with Gasteiger partial charge in [-0.05, 0) is 61.4 Å². The van der Waals surface area contributed by atoms with E-state index in [0.29, 0.717) is 11.4 Å². The number of imidazole rings is 1. The summed E-state index contributed by atoms with van der Waals surface area (Å²) in [5.74, 6) is 1.19. The monoisotopic (exact) mass is 429 g/mol. The van der Waals surface area contributed by atoms with Gasteiger partial charge in [-0.1, -0.05) is 6.07 Å². The molecule has 1 aliphatic rings. The number of carbonyl (C=O) groups excluding carboxylic acids is 1. The van der Waals surface area contributed by atoms with E-state index in [1.807, 2.05) is 77.6 Å². The number of fused-ring (bicyclic) bond motifs is 1. The number of carbonyl (C=O) groups is 1. The van der Waals surface area contributed by atoms with Crippen molar-refractivity contribution in [2.75, 3.05) is 23.3 Å². The summed E-state index contributed by atoms with van der Waals surface area (Å²) in [5.41, 5.74) is 3.71. The molecular formula is C24H23N5OS. The molecule has 0 radical (unpaired) electrons. The molecule has 0 atom stereocenters. The van der Waals surface area contributed by atoms with Crippen molar-refractivity contribution in [2.45, 2.75) is 23.5 Å². The summed E-state index contributed by atoms with van der Waals surface area (Å²) in [6, 6.07) is 17.5.